The van der Waals surface area contributed by atoms with Gasteiger partial charge < -0.3 is 5.73 Å². The zero-order valence-corrected chi connectivity index (χ0v) is 11.8. The molecule has 1 aliphatic carbocycles. The fraction of sp³-hybridized carbons (Fsp3) is 0.889. The van der Waals surface area contributed by atoms with Crippen LogP contribution in [0, 0.1) is 0 Å². The molecule has 0 aromatic carbocycles. The van der Waals surface area contributed by atoms with E-state index in [9.17, 15) is 8.42 Å². The number of thioether (sulfide) groups is 1. The van der Waals surface area contributed by atoms with Gasteiger partial charge >= 0.3 is 0 Å². The summed E-state index contributed by atoms with van der Waals surface area (Å²) in [4.78, 5) is 0.0185. The zero-order valence-electron chi connectivity index (χ0n) is 9.31. The van der Waals surface area contributed by atoms with Crippen molar-refractivity contribution in [3.05, 3.63) is 0 Å². The van der Waals surface area contributed by atoms with E-state index < -0.39 is 10.0 Å². The Kier molecular flexibility index (Phi) is 5.49. The third kappa shape index (κ3) is 4.99. The largest absolute Gasteiger partial charge is 0.392 e. The predicted molar refractivity (Wildman–Crippen MR) is 73.3 cm³/mol. The molecule has 1 saturated carbocycles. The lowest BCUT2D eigenvalue weighted by molar-refractivity contribution is 0.556. The highest BCUT2D eigenvalue weighted by Crippen LogP contribution is 2.29. The summed E-state index contributed by atoms with van der Waals surface area (Å²) in [5.74, 6) is 0.835. The Hall–Kier alpha value is 0.150. The predicted octanol–water partition coefficient (Wildman–Crippen LogP) is 0.866. The number of hydrogen-bond donors (Lipinski definition) is 2. The standard InChI is InChI=1S/C9H18N2O2S3/c1-2-15-8-4-3-7(5-8)11-16(12,13)6-9(10)14/h7-8,11H,2-6H2,1H3,(H2,10,14). The molecular weight excluding hydrogens is 264 g/mol. The van der Waals surface area contributed by atoms with E-state index in [1.807, 2.05) is 11.8 Å². The Labute approximate surface area is 107 Å². The number of hydrogen-bond acceptors (Lipinski definition) is 4. The zero-order chi connectivity index (χ0) is 12.2. The molecule has 0 bridgehead atoms. The average molecular weight is 282 g/mol. The van der Waals surface area contributed by atoms with Crippen LogP contribution in [0.3, 0.4) is 0 Å². The lowest BCUT2D eigenvalue weighted by Gasteiger charge is -2.12. The second-order valence-corrected chi connectivity index (χ2v) is 7.79. The topological polar surface area (TPSA) is 72.2 Å². The summed E-state index contributed by atoms with van der Waals surface area (Å²) in [5.41, 5.74) is 5.24. The fourth-order valence-corrected chi connectivity index (χ4v) is 4.70. The second kappa shape index (κ2) is 6.18. The lowest BCUT2D eigenvalue weighted by atomic mass is 10.3. The van der Waals surface area contributed by atoms with Crippen LogP contribution in [0.25, 0.3) is 0 Å². The molecule has 0 spiro atoms. The lowest BCUT2D eigenvalue weighted by Crippen LogP contribution is -2.38. The van der Waals surface area contributed by atoms with Gasteiger partial charge in [-0.1, -0.05) is 19.1 Å². The summed E-state index contributed by atoms with van der Waals surface area (Å²) in [7, 11) is -3.33. The molecule has 0 aliphatic heterocycles. The highest BCUT2D eigenvalue weighted by molar-refractivity contribution is 7.99. The van der Waals surface area contributed by atoms with Gasteiger partial charge in [0.15, 0.2) is 0 Å². The van der Waals surface area contributed by atoms with E-state index in [1.165, 1.54) is 0 Å². The first-order valence-corrected chi connectivity index (χ1v) is 8.43. The van der Waals surface area contributed by atoms with Crippen LogP contribution >= 0.6 is 24.0 Å². The van der Waals surface area contributed by atoms with E-state index in [4.69, 9.17) is 5.73 Å². The highest BCUT2D eigenvalue weighted by Gasteiger charge is 2.27. The van der Waals surface area contributed by atoms with E-state index >= 15 is 0 Å². The summed E-state index contributed by atoms with van der Waals surface area (Å²) in [5, 5.41) is 0.586. The van der Waals surface area contributed by atoms with Crippen LogP contribution in [0.4, 0.5) is 0 Å². The van der Waals surface area contributed by atoms with Crippen molar-refractivity contribution in [1.82, 2.24) is 4.72 Å². The first-order chi connectivity index (χ1) is 7.43. The van der Waals surface area contributed by atoms with Crippen LogP contribution in [-0.2, 0) is 10.0 Å². The summed E-state index contributed by atoms with van der Waals surface area (Å²) >= 11 is 6.50. The maximum atomic E-state index is 11.6. The van der Waals surface area contributed by atoms with Gasteiger partial charge in [0, 0.05) is 11.3 Å². The van der Waals surface area contributed by atoms with Gasteiger partial charge in [-0.3, -0.25) is 0 Å². The Morgan fingerprint density at radius 3 is 2.81 bits per heavy atom. The molecule has 4 nitrogen and oxygen atoms in total. The molecule has 0 heterocycles. The smallest absolute Gasteiger partial charge is 0.218 e. The second-order valence-electron chi connectivity index (χ2n) is 3.93. The Morgan fingerprint density at radius 2 is 2.25 bits per heavy atom. The number of nitrogens with two attached hydrogens (primary N) is 1. The quantitative estimate of drug-likeness (QED) is 0.707. The molecular formula is C9H18N2O2S3. The van der Waals surface area contributed by atoms with Gasteiger partial charge in [-0.25, -0.2) is 13.1 Å². The molecule has 1 aliphatic rings. The first-order valence-electron chi connectivity index (χ1n) is 5.33. The molecule has 7 heteroatoms. The van der Waals surface area contributed by atoms with Gasteiger partial charge in [-0.05, 0) is 25.0 Å². The fourth-order valence-electron chi connectivity index (χ4n) is 1.92. The molecule has 1 fully saturated rings. The SMILES string of the molecule is CCSC1CCC(NS(=O)(=O)CC(N)=S)C1. The van der Waals surface area contributed by atoms with E-state index in [2.05, 4.69) is 23.9 Å². The van der Waals surface area contributed by atoms with Crippen molar-refractivity contribution in [2.24, 2.45) is 5.73 Å². The maximum absolute atomic E-state index is 11.6. The van der Waals surface area contributed by atoms with Crippen molar-refractivity contribution in [2.75, 3.05) is 11.5 Å². The van der Waals surface area contributed by atoms with Gasteiger partial charge in [0.25, 0.3) is 0 Å². The Balaban J connectivity index is 2.41. The molecule has 16 heavy (non-hydrogen) atoms. The minimum Gasteiger partial charge on any atom is -0.392 e. The third-order valence-corrected chi connectivity index (χ3v) is 5.41. The molecule has 2 unspecified atom stereocenters. The molecule has 1 rings (SSSR count). The van der Waals surface area contributed by atoms with Crippen molar-refractivity contribution >= 4 is 39.0 Å². The van der Waals surface area contributed by atoms with Crippen LogP contribution in [0.5, 0.6) is 0 Å². The Morgan fingerprint density at radius 1 is 1.56 bits per heavy atom. The van der Waals surface area contributed by atoms with Gasteiger partial charge in [0.2, 0.25) is 10.0 Å². The van der Waals surface area contributed by atoms with Crippen LogP contribution in [-0.4, -0.2) is 36.2 Å². The van der Waals surface area contributed by atoms with Crippen molar-refractivity contribution in [2.45, 2.75) is 37.5 Å². The third-order valence-electron chi connectivity index (χ3n) is 2.47. The molecule has 0 aromatic rings. The van der Waals surface area contributed by atoms with E-state index in [0.717, 1.165) is 25.0 Å². The van der Waals surface area contributed by atoms with E-state index in [1.54, 1.807) is 0 Å². The van der Waals surface area contributed by atoms with Crippen LogP contribution in [0.15, 0.2) is 0 Å². The minimum absolute atomic E-state index is 0.0185. The van der Waals surface area contributed by atoms with Crippen LogP contribution < -0.4 is 10.5 Å². The monoisotopic (exact) mass is 282 g/mol. The molecule has 0 saturated heterocycles. The molecule has 0 radical (unpaired) electrons. The average Bonchev–Trinajstić information content (AvgIpc) is 2.49. The molecule has 3 N–H and O–H groups in total. The molecule has 2 atom stereocenters. The summed E-state index contributed by atoms with van der Waals surface area (Å²) in [6.45, 7) is 2.12. The van der Waals surface area contributed by atoms with Gasteiger partial charge in [-0.15, -0.1) is 0 Å². The number of thiocarbonyl (C=S) groups is 1. The van der Waals surface area contributed by atoms with Gasteiger partial charge in [0.05, 0.1) is 4.99 Å². The number of nitrogens with one attached hydrogen (secondary N) is 1. The minimum atomic E-state index is -3.33. The van der Waals surface area contributed by atoms with Crippen molar-refractivity contribution in [3.8, 4) is 0 Å². The Bertz CT molecular complexity index is 343. The summed E-state index contributed by atoms with van der Waals surface area (Å²) in [6.07, 6.45) is 2.90. The number of rotatable bonds is 6. The van der Waals surface area contributed by atoms with Crippen molar-refractivity contribution in [3.63, 3.8) is 0 Å². The van der Waals surface area contributed by atoms with E-state index in [0.29, 0.717) is 5.25 Å². The molecule has 94 valence electrons. The summed E-state index contributed by atoms with van der Waals surface area (Å²) < 4.78 is 25.8. The maximum Gasteiger partial charge on any atom is 0.218 e. The number of sulfonamides is 1. The van der Waals surface area contributed by atoms with Crippen LogP contribution in [0.1, 0.15) is 26.2 Å². The van der Waals surface area contributed by atoms with Gasteiger partial charge in [-0.2, -0.15) is 11.8 Å². The molecule has 0 amide bonds. The van der Waals surface area contributed by atoms with Gasteiger partial charge in [0.1, 0.15) is 5.75 Å². The first kappa shape index (κ1) is 14.2. The highest BCUT2D eigenvalue weighted by atomic mass is 32.2. The van der Waals surface area contributed by atoms with Crippen LogP contribution in [0.2, 0.25) is 0 Å². The van der Waals surface area contributed by atoms with E-state index in [-0.39, 0.29) is 16.8 Å². The molecule has 0 aromatic heterocycles. The summed E-state index contributed by atoms with van der Waals surface area (Å²) in [6, 6.07) is 0.0587. The van der Waals surface area contributed by atoms with Crippen molar-refractivity contribution in [1.29, 1.82) is 0 Å². The van der Waals surface area contributed by atoms with Crippen molar-refractivity contribution < 1.29 is 8.42 Å². The normalized spacial score (nSPS) is 25.8.